The molecule has 5 N–H and O–H groups in total. The lowest BCUT2D eigenvalue weighted by atomic mass is 9.92. The van der Waals surface area contributed by atoms with Gasteiger partial charge in [-0.3, -0.25) is 0 Å². The van der Waals surface area contributed by atoms with Gasteiger partial charge in [0.15, 0.2) is 28.8 Å². The van der Waals surface area contributed by atoms with Crippen molar-refractivity contribution in [2.45, 2.75) is 5.92 Å². The van der Waals surface area contributed by atoms with Crippen molar-refractivity contribution in [1.82, 2.24) is 0 Å². The average Bonchev–Trinajstić information content (AvgIpc) is 2.55. The molecule has 1 aliphatic rings. The molecule has 0 spiro atoms. The fraction of sp³-hybridized carbons (Fsp3) is 0.0625. The van der Waals surface area contributed by atoms with Gasteiger partial charge in [-0.25, -0.2) is 0 Å². The van der Waals surface area contributed by atoms with E-state index >= 15 is 0 Å². The molecule has 2 aromatic rings. The number of ether oxygens (including phenoxy) is 1. The number of phenols is 4. The van der Waals surface area contributed by atoms with E-state index in [1.165, 1.54) is 12.1 Å². The fourth-order valence-electron chi connectivity index (χ4n) is 2.46. The minimum absolute atomic E-state index is 0.000995. The Morgan fingerprint density at radius 2 is 1.67 bits per heavy atom. The first-order valence-corrected chi connectivity index (χ1v) is 7.47. The van der Waals surface area contributed by atoms with Crippen molar-refractivity contribution < 1.29 is 35.1 Å². The van der Waals surface area contributed by atoms with E-state index in [2.05, 4.69) is 15.9 Å². The maximum Gasteiger partial charge on any atom is 0.173 e. The zero-order valence-electron chi connectivity index (χ0n) is 11.9. The number of phenolic OH excluding ortho intramolecular Hbond substituents is 4. The van der Waals surface area contributed by atoms with Gasteiger partial charge < -0.3 is 35.1 Å². The number of aliphatic hydroxyl groups is 1. The summed E-state index contributed by atoms with van der Waals surface area (Å²) in [6, 6.07) is 4.72. The lowest BCUT2D eigenvalue weighted by Crippen LogP contribution is -2.16. The summed E-state index contributed by atoms with van der Waals surface area (Å²) in [5.41, 5.74) is 0.189. The molecular weight excluding hydrogens is 384 g/mol. The van der Waals surface area contributed by atoms with Crippen LogP contribution in [0, 0.1) is 0 Å². The number of hydrogen-bond acceptors (Lipinski definition) is 7. The standard InChI is InChI=1S/C16H11BrO7/c17-13-11(22)4-10(21)12-7(5-18)14(23)15(24-16(12)13)6-1-2-8(19)9(20)3-6/h1-5,7,19-23H. The minimum atomic E-state index is -1.23. The number of carbonyl (C=O) groups is 1. The monoisotopic (exact) mass is 394 g/mol. The number of allylic oxidation sites excluding steroid dienone is 1. The first-order valence-electron chi connectivity index (χ1n) is 6.68. The number of benzene rings is 2. The highest BCUT2D eigenvalue weighted by Crippen LogP contribution is 2.51. The summed E-state index contributed by atoms with van der Waals surface area (Å²) < 4.78 is 5.65. The average molecular weight is 395 g/mol. The molecule has 0 radical (unpaired) electrons. The first kappa shape index (κ1) is 16.0. The number of carbonyl (C=O) groups excluding carboxylic acids is 1. The Hall–Kier alpha value is -2.87. The van der Waals surface area contributed by atoms with Crippen molar-refractivity contribution >= 4 is 28.0 Å². The van der Waals surface area contributed by atoms with Crippen molar-refractivity contribution in [3.63, 3.8) is 0 Å². The molecule has 124 valence electrons. The van der Waals surface area contributed by atoms with Gasteiger partial charge in [0, 0.05) is 11.6 Å². The quantitative estimate of drug-likeness (QED) is 0.391. The summed E-state index contributed by atoms with van der Waals surface area (Å²) in [7, 11) is 0. The Morgan fingerprint density at radius 1 is 0.958 bits per heavy atom. The van der Waals surface area contributed by atoms with E-state index in [-0.39, 0.29) is 38.6 Å². The molecule has 0 aromatic heterocycles. The van der Waals surface area contributed by atoms with Crippen molar-refractivity contribution in [2.75, 3.05) is 0 Å². The second kappa shape index (κ2) is 5.64. The lowest BCUT2D eigenvalue weighted by molar-refractivity contribution is -0.109. The van der Waals surface area contributed by atoms with E-state index in [1.54, 1.807) is 0 Å². The maximum atomic E-state index is 11.5. The van der Waals surface area contributed by atoms with Gasteiger partial charge >= 0.3 is 0 Å². The molecule has 0 amide bonds. The third-order valence-electron chi connectivity index (χ3n) is 3.63. The van der Waals surface area contributed by atoms with Crippen molar-refractivity contribution in [3.05, 3.63) is 45.6 Å². The molecule has 1 aliphatic heterocycles. The molecule has 0 saturated heterocycles. The Kier molecular flexibility index (Phi) is 3.76. The third-order valence-corrected chi connectivity index (χ3v) is 4.40. The Labute approximate surface area is 143 Å². The summed E-state index contributed by atoms with van der Waals surface area (Å²) in [5.74, 6) is -3.43. The minimum Gasteiger partial charge on any atom is -0.507 e. The highest BCUT2D eigenvalue weighted by atomic mass is 79.9. The summed E-state index contributed by atoms with van der Waals surface area (Å²) >= 11 is 3.11. The molecule has 0 fully saturated rings. The molecule has 0 aliphatic carbocycles. The van der Waals surface area contributed by atoms with E-state index in [0.29, 0.717) is 6.29 Å². The summed E-state index contributed by atoms with van der Waals surface area (Å²) in [6.45, 7) is 0. The van der Waals surface area contributed by atoms with Gasteiger partial charge in [-0.1, -0.05) is 0 Å². The number of halogens is 1. The van der Waals surface area contributed by atoms with Crippen LogP contribution in [0.4, 0.5) is 0 Å². The van der Waals surface area contributed by atoms with Gasteiger partial charge in [0.2, 0.25) is 0 Å². The van der Waals surface area contributed by atoms with Crippen LogP contribution < -0.4 is 4.74 Å². The number of aromatic hydroxyl groups is 4. The van der Waals surface area contributed by atoms with Crippen LogP contribution in [0.5, 0.6) is 28.7 Å². The molecule has 1 heterocycles. The topological polar surface area (TPSA) is 127 Å². The van der Waals surface area contributed by atoms with Gasteiger partial charge in [0.1, 0.15) is 28.2 Å². The predicted molar refractivity (Wildman–Crippen MR) is 86.2 cm³/mol. The Bertz CT molecular complexity index is 888. The predicted octanol–water partition coefficient (Wildman–Crippen LogP) is 2.87. The number of fused-ring (bicyclic) bond motifs is 1. The van der Waals surface area contributed by atoms with Gasteiger partial charge in [0.05, 0.1) is 5.56 Å². The third kappa shape index (κ3) is 2.31. The van der Waals surface area contributed by atoms with Crippen LogP contribution >= 0.6 is 15.9 Å². The molecule has 2 aromatic carbocycles. The Morgan fingerprint density at radius 3 is 2.29 bits per heavy atom. The van der Waals surface area contributed by atoms with Gasteiger partial charge in [-0.15, -0.1) is 0 Å². The second-order valence-corrected chi connectivity index (χ2v) is 5.90. The van der Waals surface area contributed by atoms with Gasteiger partial charge in [-0.2, -0.15) is 0 Å². The van der Waals surface area contributed by atoms with Crippen molar-refractivity contribution in [1.29, 1.82) is 0 Å². The van der Waals surface area contributed by atoms with Crippen LogP contribution in [0.2, 0.25) is 0 Å². The van der Waals surface area contributed by atoms with E-state index in [0.717, 1.165) is 12.1 Å². The normalized spacial score (nSPS) is 16.5. The SMILES string of the molecule is O=CC1C(O)=C(c2ccc(O)c(O)c2)Oc2c(Br)c(O)cc(O)c21. The molecule has 1 unspecified atom stereocenters. The van der Waals surface area contributed by atoms with E-state index in [4.69, 9.17) is 4.74 Å². The summed E-state index contributed by atoms with van der Waals surface area (Å²) in [6.07, 6.45) is 0.417. The van der Waals surface area contributed by atoms with Crippen molar-refractivity contribution in [2.24, 2.45) is 0 Å². The van der Waals surface area contributed by atoms with Crippen LogP contribution in [0.25, 0.3) is 5.76 Å². The van der Waals surface area contributed by atoms with E-state index in [9.17, 15) is 30.3 Å². The molecule has 7 nitrogen and oxygen atoms in total. The number of rotatable bonds is 2. The molecule has 1 atom stereocenters. The molecule has 0 bridgehead atoms. The van der Waals surface area contributed by atoms with Crippen LogP contribution in [-0.4, -0.2) is 31.8 Å². The summed E-state index contributed by atoms with van der Waals surface area (Å²) in [5, 5.41) is 49.1. The summed E-state index contributed by atoms with van der Waals surface area (Å²) in [4.78, 5) is 11.5. The van der Waals surface area contributed by atoms with E-state index < -0.39 is 23.2 Å². The maximum absolute atomic E-state index is 11.5. The van der Waals surface area contributed by atoms with E-state index in [1.807, 2.05) is 0 Å². The smallest absolute Gasteiger partial charge is 0.173 e. The van der Waals surface area contributed by atoms with Crippen LogP contribution in [0.15, 0.2) is 34.5 Å². The fourth-order valence-corrected chi connectivity index (χ4v) is 2.87. The van der Waals surface area contributed by atoms with Crippen molar-refractivity contribution in [3.8, 4) is 28.7 Å². The van der Waals surface area contributed by atoms with Crippen LogP contribution in [0.1, 0.15) is 17.0 Å². The number of hydrogen-bond donors (Lipinski definition) is 5. The van der Waals surface area contributed by atoms with Crippen LogP contribution in [-0.2, 0) is 4.79 Å². The largest absolute Gasteiger partial charge is 0.507 e. The molecule has 3 rings (SSSR count). The zero-order chi connectivity index (χ0) is 17.6. The lowest BCUT2D eigenvalue weighted by Gasteiger charge is -2.26. The first-order chi connectivity index (χ1) is 11.3. The number of aliphatic hydroxyl groups excluding tert-OH is 1. The van der Waals surface area contributed by atoms with Gasteiger partial charge in [0.25, 0.3) is 0 Å². The second-order valence-electron chi connectivity index (χ2n) is 5.11. The highest BCUT2D eigenvalue weighted by Gasteiger charge is 2.35. The zero-order valence-corrected chi connectivity index (χ0v) is 13.5. The van der Waals surface area contributed by atoms with Crippen LogP contribution in [0.3, 0.4) is 0 Å². The molecular formula is C16H11BrO7. The molecule has 8 heteroatoms. The Balaban J connectivity index is 2.24. The highest BCUT2D eigenvalue weighted by molar-refractivity contribution is 9.10. The molecule has 0 saturated carbocycles. The number of aldehydes is 1. The molecule has 24 heavy (non-hydrogen) atoms. The van der Waals surface area contributed by atoms with Gasteiger partial charge in [-0.05, 0) is 34.1 Å².